The molecule has 0 saturated carbocycles. The van der Waals surface area contributed by atoms with E-state index in [-0.39, 0.29) is 12.1 Å². The van der Waals surface area contributed by atoms with Gasteiger partial charge in [-0.2, -0.15) is 0 Å². The van der Waals surface area contributed by atoms with Crippen molar-refractivity contribution in [3.8, 4) is 0 Å². The largest absolute Gasteiger partial charge is 0.376 e. The second-order valence-corrected chi connectivity index (χ2v) is 7.52. The van der Waals surface area contributed by atoms with Crippen LogP contribution in [0.4, 0.5) is 5.69 Å². The standard InChI is InChI=1S/C24H26N4O3/c1-16-6-4-7-19(13-16)15-28-11-5-8-20(24(28)31)23(30)27-26-22(29)14-25-21-10-9-17(2)12-18(21)3/h4-13,25H,14-15H2,1-3H3,(H,26,29)(H,27,30). The molecule has 0 spiro atoms. The molecule has 7 nitrogen and oxygen atoms in total. The fourth-order valence-corrected chi connectivity index (χ4v) is 3.27. The van der Waals surface area contributed by atoms with E-state index in [0.29, 0.717) is 6.54 Å². The van der Waals surface area contributed by atoms with Crippen LogP contribution in [0.25, 0.3) is 0 Å². The number of hydrogen-bond donors (Lipinski definition) is 3. The average Bonchev–Trinajstić information content (AvgIpc) is 2.73. The molecular weight excluding hydrogens is 392 g/mol. The summed E-state index contributed by atoms with van der Waals surface area (Å²) in [7, 11) is 0. The van der Waals surface area contributed by atoms with Crippen molar-refractivity contribution in [2.24, 2.45) is 0 Å². The number of anilines is 1. The number of aryl methyl sites for hydroxylation is 3. The summed E-state index contributed by atoms with van der Waals surface area (Å²) in [6, 6.07) is 16.8. The highest BCUT2D eigenvalue weighted by Gasteiger charge is 2.13. The lowest BCUT2D eigenvalue weighted by Gasteiger charge is -2.12. The smallest absolute Gasteiger partial charge is 0.275 e. The van der Waals surface area contributed by atoms with Crippen LogP contribution >= 0.6 is 0 Å². The molecule has 2 aromatic carbocycles. The number of nitrogens with zero attached hydrogens (tertiary/aromatic N) is 1. The Hall–Kier alpha value is -3.87. The van der Waals surface area contributed by atoms with Crippen LogP contribution in [-0.2, 0) is 11.3 Å². The molecule has 0 saturated heterocycles. The molecule has 0 aliphatic heterocycles. The summed E-state index contributed by atoms with van der Waals surface area (Å²) < 4.78 is 1.47. The molecule has 0 fully saturated rings. The van der Waals surface area contributed by atoms with Gasteiger partial charge in [-0.3, -0.25) is 25.2 Å². The van der Waals surface area contributed by atoms with Crippen LogP contribution in [-0.4, -0.2) is 22.9 Å². The van der Waals surface area contributed by atoms with E-state index >= 15 is 0 Å². The van der Waals surface area contributed by atoms with E-state index in [2.05, 4.69) is 16.2 Å². The first-order chi connectivity index (χ1) is 14.8. The van der Waals surface area contributed by atoms with Gasteiger partial charge in [0.05, 0.1) is 13.1 Å². The van der Waals surface area contributed by atoms with E-state index < -0.39 is 17.4 Å². The Bertz CT molecular complexity index is 1170. The van der Waals surface area contributed by atoms with Crippen LogP contribution in [0.2, 0.25) is 0 Å². The Balaban J connectivity index is 1.58. The van der Waals surface area contributed by atoms with E-state index in [1.807, 2.05) is 63.2 Å². The van der Waals surface area contributed by atoms with E-state index in [4.69, 9.17) is 0 Å². The topological polar surface area (TPSA) is 92.2 Å². The van der Waals surface area contributed by atoms with Gasteiger partial charge in [0.15, 0.2) is 0 Å². The molecule has 1 heterocycles. The molecule has 7 heteroatoms. The zero-order chi connectivity index (χ0) is 22.4. The minimum absolute atomic E-state index is 0.0173. The molecule has 1 aromatic heterocycles. The molecule has 0 aliphatic carbocycles. The van der Waals surface area contributed by atoms with Crippen molar-refractivity contribution < 1.29 is 9.59 Å². The van der Waals surface area contributed by atoms with Gasteiger partial charge in [0.25, 0.3) is 17.4 Å². The molecule has 160 valence electrons. The second kappa shape index (κ2) is 9.75. The van der Waals surface area contributed by atoms with Crippen molar-refractivity contribution in [2.75, 3.05) is 11.9 Å². The first-order valence-corrected chi connectivity index (χ1v) is 9.99. The summed E-state index contributed by atoms with van der Waals surface area (Å²) in [6.45, 7) is 6.27. The van der Waals surface area contributed by atoms with Crippen molar-refractivity contribution >= 4 is 17.5 Å². The third-order valence-corrected chi connectivity index (χ3v) is 4.84. The summed E-state index contributed by atoms with van der Waals surface area (Å²) in [6.07, 6.45) is 1.63. The molecule has 2 amide bonds. The highest BCUT2D eigenvalue weighted by atomic mass is 16.2. The molecule has 0 atom stereocenters. The maximum absolute atomic E-state index is 12.7. The van der Waals surface area contributed by atoms with E-state index in [1.54, 1.807) is 12.3 Å². The van der Waals surface area contributed by atoms with Crippen molar-refractivity contribution in [3.63, 3.8) is 0 Å². The van der Waals surface area contributed by atoms with Crippen molar-refractivity contribution in [3.05, 3.63) is 99.0 Å². The van der Waals surface area contributed by atoms with E-state index in [1.165, 1.54) is 10.6 Å². The number of benzene rings is 2. The number of hydrogen-bond acceptors (Lipinski definition) is 4. The van der Waals surface area contributed by atoms with Crippen molar-refractivity contribution in [1.29, 1.82) is 0 Å². The number of aromatic nitrogens is 1. The van der Waals surface area contributed by atoms with Crippen molar-refractivity contribution in [1.82, 2.24) is 15.4 Å². The maximum atomic E-state index is 12.7. The van der Waals surface area contributed by atoms with Crippen LogP contribution in [0.15, 0.2) is 65.6 Å². The molecular formula is C24H26N4O3. The van der Waals surface area contributed by atoms with Crippen LogP contribution in [0.5, 0.6) is 0 Å². The lowest BCUT2D eigenvalue weighted by molar-refractivity contribution is -0.120. The second-order valence-electron chi connectivity index (χ2n) is 7.52. The summed E-state index contributed by atoms with van der Waals surface area (Å²) in [5, 5.41) is 3.03. The first-order valence-electron chi connectivity index (χ1n) is 9.99. The minimum atomic E-state index is -0.663. The Morgan fingerprint density at radius 1 is 0.903 bits per heavy atom. The van der Waals surface area contributed by atoms with E-state index in [9.17, 15) is 14.4 Å². The third-order valence-electron chi connectivity index (χ3n) is 4.84. The number of amides is 2. The van der Waals surface area contributed by atoms with Gasteiger partial charge in [-0.25, -0.2) is 0 Å². The molecule has 3 N–H and O–H groups in total. The highest BCUT2D eigenvalue weighted by molar-refractivity contribution is 5.95. The number of pyridine rings is 1. The highest BCUT2D eigenvalue weighted by Crippen LogP contribution is 2.15. The van der Waals surface area contributed by atoms with Gasteiger partial charge < -0.3 is 9.88 Å². The Kier molecular flexibility index (Phi) is 6.87. The first kappa shape index (κ1) is 21.8. The summed E-state index contributed by atoms with van der Waals surface area (Å²) in [5.74, 6) is -1.09. The van der Waals surface area contributed by atoms with Gasteiger partial charge in [0, 0.05) is 11.9 Å². The van der Waals surface area contributed by atoms with Gasteiger partial charge in [0.2, 0.25) is 0 Å². The molecule has 0 radical (unpaired) electrons. The zero-order valence-corrected chi connectivity index (χ0v) is 17.9. The number of carbonyl (C=O) groups is 2. The van der Waals surface area contributed by atoms with Gasteiger partial charge >= 0.3 is 0 Å². The Labute approximate surface area is 181 Å². The molecule has 0 aliphatic rings. The maximum Gasteiger partial charge on any atom is 0.275 e. The third kappa shape index (κ3) is 5.82. The van der Waals surface area contributed by atoms with Crippen LogP contribution < -0.4 is 21.7 Å². The van der Waals surface area contributed by atoms with Gasteiger partial charge in [0.1, 0.15) is 5.56 Å². The quantitative estimate of drug-likeness (QED) is 0.537. The SMILES string of the molecule is Cc1cccc(Cn2cccc(C(=O)NNC(=O)CNc3ccc(C)cc3C)c2=O)c1. The van der Waals surface area contributed by atoms with Crippen LogP contribution in [0, 0.1) is 20.8 Å². The average molecular weight is 418 g/mol. The monoisotopic (exact) mass is 418 g/mol. The fourth-order valence-electron chi connectivity index (χ4n) is 3.27. The summed E-state index contributed by atoms with van der Waals surface area (Å²) in [4.78, 5) is 37.2. The normalized spacial score (nSPS) is 10.4. The minimum Gasteiger partial charge on any atom is -0.376 e. The molecule has 0 bridgehead atoms. The number of nitrogens with one attached hydrogen (secondary N) is 3. The number of carbonyl (C=O) groups excluding carboxylic acids is 2. The molecule has 3 rings (SSSR count). The summed E-state index contributed by atoms with van der Waals surface area (Å²) >= 11 is 0. The van der Waals surface area contributed by atoms with Gasteiger partial charge in [-0.05, 0) is 50.1 Å². The number of rotatable bonds is 6. The van der Waals surface area contributed by atoms with Gasteiger partial charge in [-0.15, -0.1) is 0 Å². The lowest BCUT2D eigenvalue weighted by Crippen LogP contribution is -2.46. The molecule has 3 aromatic rings. The van der Waals surface area contributed by atoms with Crippen molar-refractivity contribution in [2.45, 2.75) is 27.3 Å². The number of hydrazine groups is 1. The Morgan fingerprint density at radius 2 is 1.68 bits per heavy atom. The zero-order valence-electron chi connectivity index (χ0n) is 17.9. The summed E-state index contributed by atoms with van der Waals surface area (Å²) in [5.41, 5.74) is 9.23. The fraction of sp³-hybridized carbons (Fsp3) is 0.208. The van der Waals surface area contributed by atoms with Crippen LogP contribution in [0.1, 0.15) is 32.6 Å². The predicted molar refractivity (Wildman–Crippen MR) is 121 cm³/mol. The molecule has 31 heavy (non-hydrogen) atoms. The van der Waals surface area contributed by atoms with Crippen LogP contribution in [0.3, 0.4) is 0 Å². The Morgan fingerprint density at radius 3 is 2.42 bits per heavy atom. The lowest BCUT2D eigenvalue weighted by atomic mass is 10.1. The predicted octanol–water partition coefficient (Wildman–Crippen LogP) is 2.69. The van der Waals surface area contributed by atoms with Gasteiger partial charge in [-0.1, -0.05) is 47.5 Å². The van der Waals surface area contributed by atoms with E-state index in [0.717, 1.165) is 27.9 Å². The molecule has 0 unspecified atom stereocenters.